The molecule has 0 aliphatic rings. The molecule has 0 radical (unpaired) electrons. The molecule has 0 spiro atoms. The van der Waals surface area contributed by atoms with E-state index < -0.39 is 10.9 Å². The quantitative estimate of drug-likeness (QED) is 0.317. The second-order valence-electron chi connectivity index (χ2n) is 5.04. The SMILES string of the molecule is O=C(Cc1cccc2ccccc12)Oc1ccc([N+](=O)[O-])cc1. The Bertz CT molecular complexity index is 866. The van der Waals surface area contributed by atoms with E-state index in [1.165, 1.54) is 24.3 Å². The Labute approximate surface area is 132 Å². The van der Waals surface area contributed by atoms with Gasteiger partial charge in [-0.15, -0.1) is 0 Å². The summed E-state index contributed by atoms with van der Waals surface area (Å²) in [4.78, 5) is 22.2. The first-order valence-electron chi connectivity index (χ1n) is 7.05. The van der Waals surface area contributed by atoms with Crippen molar-refractivity contribution in [3.8, 4) is 5.75 Å². The lowest BCUT2D eigenvalue weighted by Crippen LogP contribution is -2.11. The van der Waals surface area contributed by atoms with E-state index in [2.05, 4.69) is 0 Å². The Morgan fingerprint density at radius 3 is 2.39 bits per heavy atom. The number of carbonyl (C=O) groups excluding carboxylic acids is 1. The molecule has 0 unspecified atom stereocenters. The third kappa shape index (κ3) is 3.35. The monoisotopic (exact) mass is 307 g/mol. The summed E-state index contributed by atoms with van der Waals surface area (Å²) in [7, 11) is 0. The van der Waals surface area contributed by atoms with Gasteiger partial charge in [0.05, 0.1) is 11.3 Å². The molecule has 0 heterocycles. The first kappa shape index (κ1) is 14.7. The van der Waals surface area contributed by atoms with Crippen LogP contribution in [0.2, 0.25) is 0 Å². The van der Waals surface area contributed by atoms with Crippen LogP contribution >= 0.6 is 0 Å². The van der Waals surface area contributed by atoms with Crippen molar-refractivity contribution in [2.24, 2.45) is 0 Å². The van der Waals surface area contributed by atoms with E-state index in [1.54, 1.807) is 0 Å². The number of hydrogen-bond acceptors (Lipinski definition) is 4. The summed E-state index contributed by atoms with van der Waals surface area (Å²) in [5, 5.41) is 12.7. The van der Waals surface area contributed by atoms with E-state index in [-0.39, 0.29) is 12.1 Å². The van der Waals surface area contributed by atoms with E-state index in [9.17, 15) is 14.9 Å². The summed E-state index contributed by atoms with van der Waals surface area (Å²) in [6, 6.07) is 19.0. The summed E-state index contributed by atoms with van der Waals surface area (Å²) in [6.45, 7) is 0. The van der Waals surface area contributed by atoms with Gasteiger partial charge in [0.25, 0.3) is 5.69 Å². The molecule has 3 rings (SSSR count). The Balaban J connectivity index is 1.75. The summed E-state index contributed by atoms with van der Waals surface area (Å²) in [6.07, 6.45) is 0.137. The van der Waals surface area contributed by atoms with Crippen molar-refractivity contribution in [1.82, 2.24) is 0 Å². The van der Waals surface area contributed by atoms with Gasteiger partial charge < -0.3 is 4.74 Å². The minimum atomic E-state index is -0.498. The molecule has 0 fully saturated rings. The number of nitro benzene ring substituents is 1. The summed E-state index contributed by atoms with van der Waals surface area (Å²) in [5.74, 6) is -0.115. The number of esters is 1. The molecule has 0 aliphatic heterocycles. The highest BCUT2D eigenvalue weighted by Gasteiger charge is 2.10. The standard InChI is InChI=1S/C18H13NO4/c20-18(23-16-10-8-15(9-11-16)19(21)22)12-14-6-3-5-13-4-1-2-7-17(13)14/h1-11H,12H2. The van der Waals surface area contributed by atoms with Gasteiger partial charge in [-0.25, -0.2) is 0 Å². The zero-order chi connectivity index (χ0) is 16.2. The predicted molar refractivity (Wildman–Crippen MR) is 86.4 cm³/mol. The number of carbonyl (C=O) groups is 1. The maximum absolute atomic E-state index is 12.1. The van der Waals surface area contributed by atoms with Crippen LogP contribution in [0.4, 0.5) is 5.69 Å². The Morgan fingerprint density at radius 1 is 0.957 bits per heavy atom. The topological polar surface area (TPSA) is 69.4 Å². The molecule has 114 valence electrons. The molecule has 0 atom stereocenters. The van der Waals surface area contributed by atoms with Crippen LogP contribution in [-0.2, 0) is 11.2 Å². The number of benzene rings is 3. The molecule has 3 aromatic rings. The molecule has 0 N–H and O–H groups in total. The maximum Gasteiger partial charge on any atom is 0.315 e. The van der Waals surface area contributed by atoms with Crippen LogP contribution in [0.3, 0.4) is 0 Å². The van der Waals surface area contributed by atoms with Crippen LogP contribution in [-0.4, -0.2) is 10.9 Å². The number of fused-ring (bicyclic) bond motifs is 1. The fraction of sp³-hybridized carbons (Fsp3) is 0.0556. The first-order chi connectivity index (χ1) is 11.1. The molecular weight excluding hydrogens is 294 g/mol. The lowest BCUT2D eigenvalue weighted by Gasteiger charge is -2.07. The first-order valence-corrected chi connectivity index (χ1v) is 7.05. The molecular formula is C18H13NO4. The van der Waals surface area contributed by atoms with Crippen molar-refractivity contribution in [3.05, 3.63) is 82.4 Å². The van der Waals surface area contributed by atoms with Gasteiger partial charge >= 0.3 is 5.97 Å². The minimum Gasteiger partial charge on any atom is -0.426 e. The van der Waals surface area contributed by atoms with E-state index in [4.69, 9.17) is 4.74 Å². The van der Waals surface area contributed by atoms with Crippen molar-refractivity contribution >= 4 is 22.4 Å². The van der Waals surface area contributed by atoms with E-state index in [0.29, 0.717) is 5.75 Å². The number of non-ortho nitro benzene ring substituents is 1. The van der Waals surface area contributed by atoms with Crippen LogP contribution in [0.25, 0.3) is 10.8 Å². The largest absolute Gasteiger partial charge is 0.426 e. The fourth-order valence-corrected chi connectivity index (χ4v) is 2.41. The predicted octanol–water partition coefficient (Wildman–Crippen LogP) is 3.90. The minimum absolute atomic E-state index is 0.0427. The van der Waals surface area contributed by atoms with E-state index >= 15 is 0 Å². The lowest BCUT2D eigenvalue weighted by atomic mass is 10.0. The number of nitro groups is 1. The highest BCUT2D eigenvalue weighted by Crippen LogP contribution is 2.21. The van der Waals surface area contributed by atoms with Gasteiger partial charge in [0.1, 0.15) is 5.75 Å². The van der Waals surface area contributed by atoms with Gasteiger partial charge in [-0.05, 0) is 28.5 Å². The van der Waals surface area contributed by atoms with Crippen molar-refractivity contribution in [2.75, 3.05) is 0 Å². The Hall–Kier alpha value is -3.21. The molecule has 3 aromatic carbocycles. The van der Waals surface area contributed by atoms with Gasteiger partial charge in [-0.2, -0.15) is 0 Å². The molecule has 0 saturated heterocycles. The smallest absolute Gasteiger partial charge is 0.315 e. The molecule has 23 heavy (non-hydrogen) atoms. The average molecular weight is 307 g/mol. The zero-order valence-corrected chi connectivity index (χ0v) is 12.1. The third-order valence-corrected chi connectivity index (χ3v) is 3.49. The molecule has 0 aliphatic carbocycles. The molecule has 0 aromatic heterocycles. The van der Waals surface area contributed by atoms with Crippen LogP contribution in [0, 0.1) is 10.1 Å². The van der Waals surface area contributed by atoms with Crippen LogP contribution < -0.4 is 4.74 Å². The highest BCUT2D eigenvalue weighted by atomic mass is 16.6. The van der Waals surface area contributed by atoms with Crippen molar-refractivity contribution in [3.63, 3.8) is 0 Å². The fourth-order valence-electron chi connectivity index (χ4n) is 2.41. The van der Waals surface area contributed by atoms with Gasteiger partial charge in [0, 0.05) is 12.1 Å². The molecule has 0 bridgehead atoms. The molecule has 0 saturated carbocycles. The maximum atomic E-state index is 12.1. The normalized spacial score (nSPS) is 10.4. The van der Waals surface area contributed by atoms with E-state index in [0.717, 1.165) is 16.3 Å². The highest BCUT2D eigenvalue weighted by molar-refractivity contribution is 5.89. The van der Waals surface area contributed by atoms with Crippen LogP contribution in [0.5, 0.6) is 5.75 Å². The molecule has 5 nitrogen and oxygen atoms in total. The zero-order valence-electron chi connectivity index (χ0n) is 12.1. The van der Waals surface area contributed by atoms with Gasteiger partial charge in [0.15, 0.2) is 0 Å². The Morgan fingerprint density at radius 2 is 1.65 bits per heavy atom. The van der Waals surface area contributed by atoms with Gasteiger partial charge in [-0.1, -0.05) is 42.5 Å². The number of rotatable bonds is 4. The molecule has 0 amide bonds. The second-order valence-corrected chi connectivity index (χ2v) is 5.04. The number of hydrogen-bond donors (Lipinski definition) is 0. The van der Waals surface area contributed by atoms with Gasteiger partial charge in [0.2, 0.25) is 0 Å². The summed E-state index contributed by atoms with van der Waals surface area (Å²) in [5.41, 5.74) is 0.842. The lowest BCUT2D eigenvalue weighted by molar-refractivity contribution is -0.384. The van der Waals surface area contributed by atoms with Crippen LogP contribution in [0.15, 0.2) is 66.7 Å². The second kappa shape index (κ2) is 6.27. The van der Waals surface area contributed by atoms with Crippen molar-refractivity contribution < 1.29 is 14.5 Å². The third-order valence-electron chi connectivity index (χ3n) is 3.49. The Kier molecular flexibility index (Phi) is 4.01. The van der Waals surface area contributed by atoms with Gasteiger partial charge in [-0.3, -0.25) is 14.9 Å². The van der Waals surface area contributed by atoms with Crippen LogP contribution in [0.1, 0.15) is 5.56 Å². The van der Waals surface area contributed by atoms with E-state index in [1.807, 2.05) is 42.5 Å². The summed E-state index contributed by atoms with van der Waals surface area (Å²) >= 11 is 0. The van der Waals surface area contributed by atoms with Crippen molar-refractivity contribution in [1.29, 1.82) is 0 Å². The molecule has 5 heteroatoms. The number of ether oxygens (including phenoxy) is 1. The average Bonchev–Trinajstić information content (AvgIpc) is 2.55. The summed E-state index contributed by atoms with van der Waals surface area (Å²) < 4.78 is 5.24. The van der Waals surface area contributed by atoms with Crippen molar-refractivity contribution in [2.45, 2.75) is 6.42 Å². The number of nitrogens with zero attached hydrogens (tertiary/aromatic N) is 1.